The molecule has 5 heteroatoms. The molecule has 0 radical (unpaired) electrons. The molecule has 138 valence electrons. The fraction of sp³-hybridized carbons (Fsp3) is 0.227. The number of hydrogen-bond donors (Lipinski definition) is 2. The topological polar surface area (TPSA) is 79.0 Å². The van der Waals surface area contributed by atoms with Crippen LogP contribution in [-0.4, -0.2) is 16.7 Å². The van der Waals surface area contributed by atoms with Gasteiger partial charge in [0.1, 0.15) is 0 Å². The van der Waals surface area contributed by atoms with Crippen LogP contribution in [0, 0.1) is 0 Å². The van der Waals surface area contributed by atoms with Crippen molar-refractivity contribution in [1.82, 2.24) is 4.98 Å². The summed E-state index contributed by atoms with van der Waals surface area (Å²) >= 11 is 0. The molecule has 0 fully saturated rings. The molecular weight excluding hydrogens is 340 g/mol. The van der Waals surface area contributed by atoms with Crippen molar-refractivity contribution in [3.8, 4) is 0 Å². The average Bonchev–Trinajstić information content (AvgIpc) is 2.61. The van der Waals surface area contributed by atoms with Gasteiger partial charge in [-0.25, -0.2) is 0 Å². The lowest BCUT2D eigenvalue weighted by Gasteiger charge is -2.09. The van der Waals surface area contributed by atoms with E-state index >= 15 is 0 Å². The zero-order valence-corrected chi connectivity index (χ0v) is 15.6. The molecule has 1 aromatic heterocycles. The minimum absolute atomic E-state index is 0.0458. The first-order valence-corrected chi connectivity index (χ1v) is 8.90. The zero-order chi connectivity index (χ0) is 19.6. The molecule has 2 N–H and O–H groups in total. The van der Waals surface area contributed by atoms with Gasteiger partial charge < -0.3 is 10.3 Å². The fourth-order valence-electron chi connectivity index (χ4n) is 3.02. The average molecular weight is 362 g/mol. The highest BCUT2D eigenvalue weighted by atomic mass is 16.1. The number of ketones is 1. The number of anilines is 1. The summed E-state index contributed by atoms with van der Waals surface area (Å²) in [6.45, 7) is 5.44. The van der Waals surface area contributed by atoms with Crippen LogP contribution >= 0.6 is 0 Å². The molecule has 0 saturated heterocycles. The Morgan fingerprint density at radius 3 is 2.56 bits per heavy atom. The van der Waals surface area contributed by atoms with Gasteiger partial charge in [-0.05, 0) is 54.1 Å². The summed E-state index contributed by atoms with van der Waals surface area (Å²) < 4.78 is 0. The van der Waals surface area contributed by atoms with Gasteiger partial charge in [0.05, 0.1) is 6.42 Å². The molecule has 1 heterocycles. The SMILES string of the molecule is CC(=O)c1cccc(NC(=O)Cc2ccc3[nH]c(=O)c(C(C)C)cc3c2)c1. The number of pyridine rings is 1. The third-order valence-corrected chi connectivity index (χ3v) is 4.48. The highest BCUT2D eigenvalue weighted by molar-refractivity contribution is 5.97. The van der Waals surface area contributed by atoms with Gasteiger partial charge in [0.15, 0.2) is 5.78 Å². The summed E-state index contributed by atoms with van der Waals surface area (Å²) in [7, 11) is 0. The number of aromatic nitrogens is 1. The minimum Gasteiger partial charge on any atom is -0.326 e. The summed E-state index contributed by atoms with van der Waals surface area (Å²) in [5, 5.41) is 3.73. The smallest absolute Gasteiger partial charge is 0.251 e. The Morgan fingerprint density at radius 1 is 1.07 bits per heavy atom. The number of aromatic amines is 1. The van der Waals surface area contributed by atoms with Crippen molar-refractivity contribution in [3.05, 3.63) is 75.6 Å². The van der Waals surface area contributed by atoms with E-state index in [2.05, 4.69) is 10.3 Å². The van der Waals surface area contributed by atoms with Crippen LogP contribution in [0.15, 0.2) is 53.3 Å². The molecule has 0 unspecified atom stereocenters. The molecule has 0 aliphatic rings. The number of H-pyrrole nitrogens is 1. The summed E-state index contributed by atoms with van der Waals surface area (Å²) in [4.78, 5) is 38.8. The zero-order valence-electron chi connectivity index (χ0n) is 15.6. The van der Waals surface area contributed by atoms with E-state index in [0.29, 0.717) is 11.3 Å². The molecule has 5 nitrogen and oxygen atoms in total. The van der Waals surface area contributed by atoms with Crippen molar-refractivity contribution in [2.75, 3.05) is 5.32 Å². The van der Waals surface area contributed by atoms with Gasteiger partial charge in [-0.2, -0.15) is 0 Å². The van der Waals surface area contributed by atoms with Crippen molar-refractivity contribution < 1.29 is 9.59 Å². The van der Waals surface area contributed by atoms with Gasteiger partial charge in [0.2, 0.25) is 5.91 Å². The predicted molar refractivity (Wildman–Crippen MR) is 107 cm³/mol. The Labute approximate surface area is 157 Å². The van der Waals surface area contributed by atoms with Crippen LogP contribution in [0.25, 0.3) is 10.9 Å². The molecule has 0 bridgehead atoms. The normalized spacial score (nSPS) is 11.0. The first kappa shape index (κ1) is 18.6. The fourth-order valence-corrected chi connectivity index (χ4v) is 3.02. The Hall–Kier alpha value is -3.21. The second kappa shape index (κ2) is 7.58. The highest BCUT2D eigenvalue weighted by Crippen LogP contribution is 2.18. The highest BCUT2D eigenvalue weighted by Gasteiger charge is 2.10. The Balaban J connectivity index is 1.80. The van der Waals surface area contributed by atoms with Crippen molar-refractivity contribution in [3.63, 3.8) is 0 Å². The number of benzene rings is 2. The summed E-state index contributed by atoms with van der Waals surface area (Å²) in [6, 6.07) is 14.3. The monoisotopic (exact) mass is 362 g/mol. The van der Waals surface area contributed by atoms with Crippen LogP contribution < -0.4 is 10.9 Å². The molecule has 3 aromatic rings. The quantitative estimate of drug-likeness (QED) is 0.673. The van der Waals surface area contributed by atoms with Crippen LogP contribution in [-0.2, 0) is 11.2 Å². The van der Waals surface area contributed by atoms with Crippen LogP contribution in [0.2, 0.25) is 0 Å². The lowest BCUT2D eigenvalue weighted by atomic mass is 10.0. The molecule has 3 rings (SSSR count). The first-order chi connectivity index (χ1) is 12.8. The summed E-state index contributed by atoms with van der Waals surface area (Å²) in [6.07, 6.45) is 0.205. The minimum atomic E-state index is -0.163. The van der Waals surface area contributed by atoms with E-state index in [-0.39, 0.29) is 29.6 Å². The number of fused-ring (bicyclic) bond motifs is 1. The molecule has 27 heavy (non-hydrogen) atoms. The van der Waals surface area contributed by atoms with E-state index in [9.17, 15) is 14.4 Å². The third kappa shape index (κ3) is 4.31. The second-order valence-corrected chi connectivity index (χ2v) is 6.99. The van der Waals surface area contributed by atoms with E-state index in [1.54, 1.807) is 24.3 Å². The first-order valence-electron chi connectivity index (χ1n) is 8.90. The largest absolute Gasteiger partial charge is 0.326 e. The molecule has 1 amide bonds. The molecule has 0 aliphatic carbocycles. The van der Waals surface area contributed by atoms with Crippen molar-refractivity contribution in [2.45, 2.75) is 33.1 Å². The Kier molecular flexibility index (Phi) is 5.21. The lowest BCUT2D eigenvalue weighted by Crippen LogP contribution is -2.15. The number of rotatable bonds is 5. The van der Waals surface area contributed by atoms with Crippen molar-refractivity contribution in [1.29, 1.82) is 0 Å². The number of Topliss-reactive ketones (excluding diaryl/α,β-unsaturated/α-hetero) is 1. The van der Waals surface area contributed by atoms with Crippen LogP contribution in [0.4, 0.5) is 5.69 Å². The van der Waals surface area contributed by atoms with Gasteiger partial charge >= 0.3 is 0 Å². The predicted octanol–water partition coefficient (Wildman–Crippen LogP) is 4.04. The molecule has 2 aromatic carbocycles. The lowest BCUT2D eigenvalue weighted by molar-refractivity contribution is -0.115. The molecular formula is C22H22N2O3. The van der Waals surface area contributed by atoms with E-state index in [1.165, 1.54) is 6.92 Å². The Morgan fingerprint density at radius 2 is 1.85 bits per heavy atom. The van der Waals surface area contributed by atoms with E-state index < -0.39 is 0 Å². The number of carbonyl (C=O) groups is 2. The van der Waals surface area contributed by atoms with Crippen molar-refractivity contribution in [2.24, 2.45) is 0 Å². The van der Waals surface area contributed by atoms with Gasteiger partial charge in [-0.3, -0.25) is 14.4 Å². The maximum absolute atomic E-state index is 12.4. The number of nitrogens with one attached hydrogen (secondary N) is 2. The third-order valence-electron chi connectivity index (χ3n) is 4.48. The van der Waals surface area contributed by atoms with Crippen LogP contribution in [0.5, 0.6) is 0 Å². The number of carbonyl (C=O) groups excluding carboxylic acids is 2. The molecule has 0 aliphatic heterocycles. The standard InChI is InChI=1S/C22H22N2O3/c1-13(2)19-12-17-9-15(7-8-20(17)24-22(19)27)10-21(26)23-18-6-4-5-16(11-18)14(3)25/h4-9,11-13H,10H2,1-3H3,(H,23,26)(H,24,27). The molecule has 0 atom stereocenters. The van der Waals surface area contributed by atoms with E-state index in [0.717, 1.165) is 22.0 Å². The Bertz CT molecular complexity index is 1080. The van der Waals surface area contributed by atoms with Crippen LogP contribution in [0.3, 0.4) is 0 Å². The van der Waals surface area contributed by atoms with E-state index in [4.69, 9.17) is 0 Å². The van der Waals surface area contributed by atoms with Crippen LogP contribution in [0.1, 0.15) is 48.2 Å². The van der Waals surface area contributed by atoms with Gasteiger partial charge in [0, 0.05) is 22.3 Å². The van der Waals surface area contributed by atoms with Gasteiger partial charge in [-0.15, -0.1) is 0 Å². The number of amides is 1. The number of hydrogen-bond acceptors (Lipinski definition) is 3. The van der Waals surface area contributed by atoms with E-state index in [1.807, 2.05) is 38.1 Å². The summed E-state index contributed by atoms with van der Waals surface area (Å²) in [5.74, 6) is -0.0854. The molecule has 0 spiro atoms. The maximum atomic E-state index is 12.4. The summed E-state index contributed by atoms with van der Waals surface area (Å²) in [5.41, 5.74) is 3.41. The molecule has 0 saturated carbocycles. The van der Waals surface area contributed by atoms with Gasteiger partial charge in [0.25, 0.3) is 5.56 Å². The van der Waals surface area contributed by atoms with Gasteiger partial charge in [-0.1, -0.05) is 32.0 Å². The second-order valence-electron chi connectivity index (χ2n) is 6.99. The maximum Gasteiger partial charge on any atom is 0.251 e. The van der Waals surface area contributed by atoms with Crippen molar-refractivity contribution >= 4 is 28.3 Å².